The molecule has 0 unspecified atom stereocenters. The van der Waals surface area contributed by atoms with E-state index in [1.54, 1.807) is 12.4 Å². The van der Waals surface area contributed by atoms with Gasteiger partial charge in [0.25, 0.3) is 0 Å². The second kappa shape index (κ2) is 5.59. The third kappa shape index (κ3) is 4.41. The van der Waals surface area contributed by atoms with Gasteiger partial charge in [-0.25, -0.2) is 0 Å². The number of aromatic nitrogens is 4. The van der Waals surface area contributed by atoms with Crippen LogP contribution in [0.5, 0.6) is 0 Å². The molecule has 2 aromatic rings. The van der Waals surface area contributed by atoms with Gasteiger partial charge in [-0.2, -0.15) is 15.3 Å². The van der Waals surface area contributed by atoms with E-state index in [2.05, 4.69) is 20.4 Å². The molecule has 0 spiro atoms. The van der Waals surface area contributed by atoms with Gasteiger partial charge in [0.15, 0.2) is 5.43 Å². The van der Waals surface area contributed by atoms with Crippen molar-refractivity contribution in [2.24, 2.45) is 0 Å². The van der Waals surface area contributed by atoms with Crippen LogP contribution in [-0.2, 0) is 0 Å². The van der Waals surface area contributed by atoms with E-state index >= 15 is 0 Å². The molecule has 0 saturated carbocycles. The average Bonchev–Trinajstić information content (AvgIpc) is 2.22. The Hall–Kier alpha value is -2.04. The number of nitrogens with one attached hydrogen (secondary N) is 1. The molecule has 0 bridgehead atoms. The number of hydrogen-bond donors (Lipinski definition) is 1. The Morgan fingerprint density at radius 2 is 1.85 bits per heavy atom. The van der Waals surface area contributed by atoms with E-state index in [0.29, 0.717) is 0 Å². The molecule has 0 atom stereocenters. The van der Waals surface area contributed by atoms with Crippen LogP contribution in [0.25, 0.3) is 0 Å². The molecule has 2 heterocycles. The van der Waals surface area contributed by atoms with Crippen LogP contribution in [0.4, 0.5) is 0 Å². The van der Waals surface area contributed by atoms with Gasteiger partial charge in [-0.15, -0.1) is 0 Å². The zero-order valence-electron chi connectivity index (χ0n) is 6.79. The van der Waals surface area contributed by atoms with Crippen LogP contribution in [0, 0.1) is 0 Å². The van der Waals surface area contributed by atoms with Crippen molar-refractivity contribution in [3.63, 3.8) is 0 Å². The molecular formula is C8H8N4O. The lowest BCUT2D eigenvalue weighted by molar-refractivity contribution is 1.02. The molecule has 0 fully saturated rings. The van der Waals surface area contributed by atoms with Crippen LogP contribution < -0.4 is 5.43 Å². The van der Waals surface area contributed by atoms with Gasteiger partial charge in [-0.05, 0) is 12.1 Å². The van der Waals surface area contributed by atoms with Crippen molar-refractivity contribution >= 4 is 0 Å². The van der Waals surface area contributed by atoms with Gasteiger partial charge >= 0.3 is 0 Å². The van der Waals surface area contributed by atoms with Crippen LogP contribution in [0.2, 0.25) is 0 Å². The zero-order valence-corrected chi connectivity index (χ0v) is 6.79. The second-order valence-electron chi connectivity index (χ2n) is 2.04. The summed E-state index contributed by atoms with van der Waals surface area (Å²) in [4.78, 5) is 10.2. The SMILES string of the molecule is O=c1cc[nH]nc1.c1ccnnc1. The number of H-pyrrole nitrogens is 1. The molecule has 0 radical (unpaired) electrons. The molecule has 0 aliphatic carbocycles. The van der Waals surface area contributed by atoms with Crippen molar-refractivity contribution < 1.29 is 0 Å². The highest BCUT2D eigenvalue weighted by atomic mass is 16.1. The summed E-state index contributed by atoms with van der Waals surface area (Å²) in [6, 6.07) is 5.06. The topological polar surface area (TPSA) is 71.5 Å². The predicted molar refractivity (Wildman–Crippen MR) is 46.9 cm³/mol. The van der Waals surface area contributed by atoms with Crippen molar-refractivity contribution in [3.05, 3.63) is 53.2 Å². The molecule has 66 valence electrons. The lowest BCUT2D eigenvalue weighted by Crippen LogP contribution is -1.96. The van der Waals surface area contributed by atoms with E-state index in [-0.39, 0.29) is 5.43 Å². The molecule has 0 aromatic carbocycles. The van der Waals surface area contributed by atoms with Crippen LogP contribution in [-0.4, -0.2) is 20.4 Å². The molecule has 0 aliphatic heterocycles. The summed E-state index contributed by atoms with van der Waals surface area (Å²) in [7, 11) is 0. The summed E-state index contributed by atoms with van der Waals surface area (Å²) in [5, 5.41) is 13.0. The minimum absolute atomic E-state index is 0.0706. The number of aromatic amines is 1. The van der Waals surface area contributed by atoms with E-state index < -0.39 is 0 Å². The maximum absolute atomic E-state index is 10.2. The third-order valence-corrected chi connectivity index (χ3v) is 1.07. The molecule has 0 amide bonds. The van der Waals surface area contributed by atoms with Crippen molar-refractivity contribution in [2.45, 2.75) is 0 Å². The van der Waals surface area contributed by atoms with Crippen molar-refractivity contribution in [3.8, 4) is 0 Å². The summed E-state index contributed by atoms with van der Waals surface area (Å²) < 4.78 is 0. The highest BCUT2D eigenvalue weighted by Gasteiger charge is 1.71. The zero-order chi connectivity index (χ0) is 9.36. The van der Waals surface area contributed by atoms with E-state index in [0.717, 1.165) is 0 Å². The van der Waals surface area contributed by atoms with Crippen molar-refractivity contribution in [2.75, 3.05) is 0 Å². The Balaban J connectivity index is 0.000000132. The average molecular weight is 176 g/mol. The summed E-state index contributed by atoms with van der Waals surface area (Å²) in [5.74, 6) is 0. The summed E-state index contributed by atoms with van der Waals surface area (Å²) in [6.45, 7) is 0. The Kier molecular flexibility index (Phi) is 3.89. The van der Waals surface area contributed by atoms with E-state index in [1.165, 1.54) is 18.5 Å². The van der Waals surface area contributed by atoms with Crippen molar-refractivity contribution in [1.82, 2.24) is 20.4 Å². The van der Waals surface area contributed by atoms with E-state index in [4.69, 9.17) is 0 Å². The van der Waals surface area contributed by atoms with Gasteiger partial charge in [0.2, 0.25) is 0 Å². The molecule has 1 N–H and O–H groups in total. The summed E-state index contributed by atoms with van der Waals surface area (Å²) in [5.41, 5.74) is -0.0706. The van der Waals surface area contributed by atoms with Gasteiger partial charge in [0, 0.05) is 24.7 Å². The molecule has 0 aliphatic rings. The lowest BCUT2D eigenvalue weighted by atomic mass is 10.6. The molecule has 2 rings (SSSR count). The first-order valence-electron chi connectivity index (χ1n) is 3.60. The van der Waals surface area contributed by atoms with E-state index in [9.17, 15) is 4.79 Å². The van der Waals surface area contributed by atoms with Crippen LogP contribution in [0.1, 0.15) is 0 Å². The van der Waals surface area contributed by atoms with Crippen LogP contribution >= 0.6 is 0 Å². The fourth-order valence-corrected chi connectivity index (χ4v) is 0.560. The summed E-state index contributed by atoms with van der Waals surface area (Å²) >= 11 is 0. The molecule has 5 heteroatoms. The Morgan fingerprint density at radius 1 is 1.15 bits per heavy atom. The number of rotatable bonds is 0. The smallest absolute Gasteiger partial charge is 0.200 e. The van der Waals surface area contributed by atoms with E-state index in [1.807, 2.05) is 12.1 Å². The fourth-order valence-electron chi connectivity index (χ4n) is 0.560. The van der Waals surface area contributed by atoms with Gasteiger partial charge in [0.1, 0.15) is 0 Å². The standard InChI is InChI=1S/C4H4N2O.C4H4N2/c7-4-1-2-5-6-3-4;1-2-4-6-5-3-1/h1-3H,(H,5,7);1-4H. The highest BCUT2D eigenvalue weighted by Crippen LogP contribution is 1.68. The fraction of sp³-hybridized carbons (Fsp3) is 0. The van der Waals surface area contributed by atoms with Gasteiger partial charge in [-0.1, -0.05) is 0 Å². The monoisotopic (exact) mass is 176 g/mol. The first kappa shape index (κ1) is 9.05. The largest absolute Gasteiger partial charge is 0.288 e. The Bertz CT molecular complexity index is 329. The molecule has 13 heavy (non-hydrogen) atoms. The predicted octanol–water partition coefficient (Wildman–Crippen LogP) is 0.246. The highest BCUT2D eigenvalue weighted by molar-refractivity contribution is 4.82. The normalized spacial score (nSPS) is 8.31. The molecule has 5 nitrogen and oxygen atoms in total. The first-order chi connectivity index (χ1) is 6.39. The minimum atomic E-state index is -0.0706. The number of hydrogen-bond acceptors (Lipinski definition) is 4. The maximum Gasteiger partial charge on any atom is 0.200 e. The Morgan fingerprint density at radius 3 is 2.08 bits per heavy atom. The molecular weight excluding hydrogens is 168 g/mol. The molecule has 0 saturated heterocycles. The van der Waals surface area contributed by atoms with Crippen molar-refractivity contribution in [1.29, 1.82) is 0 Å². The number of nitrogens with zero attached hydrogens (tertiary/aromatic N) is 3. The molecule has 2 aromatic heterocycles. The third-order valence-electron chi connectivity index (χ3n) is 1.07. The van der Waals surface area contributed by atoms with Gasteiger partial charge in [0.05, 0.1) is 6.20 Å². The summed E-state index contributed by atoms with van der Waals surface area (Å²) in [6.07, 6.45) is 5.99. The maximum atomic E-state index is 10.2. The quantitative estimate of drug-likeness (QED) is 0.624. The lowest BCUT2D eigenvalue weighted by Gasteiger charge is -1.73. The van der Waals surface area contributed by atoms with Crippen LogP contribution in [0.3, 0.4) is 0 Å². The second-order valence-corrected chi connectivity index (χ2v) is 2.04. The Labute approximate surface area is 74.5 Å². The first-order valence-corrected chi connectivity index (χ1v) is 3.60. The van der Waals surface area contributed by atoms with Gasteiger partial charge in [-0.3, -0.25) is 9.89 Å². The van der Waals surface area contributed by atoms with Crippen LogP contribution in [0.15, 0.2) is 47.8 Å². The minimum Gasteiger partial charge on any atom is -0.288 e. The van der Waals surface area contributed by atoms with Gasteiger partial charge < -0.3 is 0 Å².